The number of hydrogen-bond acceptors (Lipinski definition) is 3. The molecule has 17 heavy (non-hydrogen) atoms. The van der Waals surface area contributed by atoms with Crippen molar-refractivity contribution in [3.63, 3.8) is 0 Å². The molecule has 3 nitrogen and oxygen atoms in total. The second-order valence-corrected chi connectivity index (χ2v) is 5.35. The topological polar surface area (TPSA) is 38.5 Å². The van der Waals surface area contributed by atoms with Crippen molar-refractivity contribution in [3.05, 3.63) is 23.3 Å². The zero-order valence-electron chi connectivity index (χ0n) is 11.2. The molecule has 0 saturated heterocycles. The van der Waals surface area contributed by atoms with Crippen LogP contribution in [0.4, 0.5) is 5.69 Å². The van der Waals surface area contributed by atoms with Gasteiger partial charge in [0.25, 0.3) is 0 Å². The number of aryl methyl sites for hydroxylation is 2. The van der Waals surface area contributed by atoms with Crippen LogP contribution in [0.3, 0.4) is 0 Å². The Morgan fingerprint density at radius 1 is 1.35 bits per heavy atom. The normalized spacial score (nSPS) is 16.8. The number of hydrogen-bond donors (Lipinski definition) is 1. The fourth-order valence-corrected chi connectivity index (χ4v) is 2.44. The Morgan fingerprint density at radius 2 is 2.00 bits per heavy atom. The number of nitrogens with two attached hydrogens (primary N) is 1. The zero-order valence-corrected chi connectivity index (χ0v) is 11.2. The summed E-state index contributed by atoms with van der Waals surface area (Å²) in [5.41, 5.74) is 9.83. The van der Waals surface area contributed by atoms with Crippen LogP contribution in [0.15, 0.2) is 12.1 Å². The first-order chi connectivity index (χ1) is 7.95. The lowest BCUT2D eigenvalue weighted by Gasteiger charge is -2.27. The number of anilines is 1. The van der Waals surface area contributed by atoms with Crippen LogP contribution in [0, 0.1) is 13.8 Å². The van der Waals surface area contributed by atoms with Gasteiger partial charge in [0.15, 0.2) is 0 Å². The second kappa shape index (κ2) is 4.22. The smallest absolute Gasteiger partial charge is 0.142 e. The van der Waals surface area contributed by atoms with Gasteiger partial charge < -0.3 is 15.4 Å². The molecule has 2 N–H and O–H groups in total. The van der Waals surface area contributed by atoms with Gasteiger partial charge in [-0.25, -0.2) is 0 Å². The number of rotatable bonds is 4. The van der Waals surface area contributed by atoms with Crippen molar-refractivity contribution >= 4 is 5.69 Å². The molecule has 0 unspecified atom stereocenters. The van der Waals surface area contributed by atoms with Gasteiger partial charge in [0.05, 0.1) is 12.8 Å². The van der Waals surface area contributed by atoms with Gasteiger partial charge in [0, 0.05) is 19.1 Å². The maximum Gasteiger partial charge on any atom is 0.142 e. The summed E-state index contributed by atoms with van der Waals surface area (Å²) >= 11 is 0. The zero-order chi connectivity index (χ0) is 12.6. The average Bonchev–Trinajstić information content (AvgIpc) is 2.94. The minimum absolute atomic E-state index is 0.0249. The van der Waals surface area contributed by atoms with E-state index < -0.39 is 0 Å². The Balaban J connectivity index is 2.29. The molecule has 0 spiro atoms. The summed E-state index contributed by atoms with van der Waals surface area (Å²) in [6.45, 7) is 5.11. The molecule has 1 aromatic carbocycles. The molecule has 1 saturated carbocycles. The highest BCUT2D eigenvalue weighted by molar-refractivity contribution is 5.64. The van der Waals surface area contributed by atoms with Gasteiger partial charge in [-0.2, -0.15) is 0 Å². The largest absolute Gasteiger partial charge is 0.495 e. The first kappa shape index (κ1) is 12.2. The van der Waals surface area contributed by atoms with Crippen LogP contribution in [-0.4, -0.2) is 26.2 Å². The Labute approximate surface area is 104 Å². The van der Waals surface area contributed by atoms with E-state index in [2.05, 4.69) is 37.9 Å². The van der Waals surface area contributed by atoms with E-state index in [-0.39, 0.29) is 5.54 Å². The fraction of sp³-hybridized carbons (Fsp3) is 0.571. The Kier molecular flexibility index (Phi) is 3.04. The highest BCUT2D eigenvalue weighted by atomic mass is 16.5. The molecule has 0 aromatic heterocycles. The second-order valence-electron chi connectivity index (χ2n) is 5.35. The lowest BCUT2D eigenvalue weighted by Crippen LogP contribution is -2.37. The third-order valence-corrected chi connectivity index (χ3v) is 3.46. The van der Waals surface area contributed by atoms with E-state index in [0.29, 0.717) is 0 Å². The van der Waals surface area contributed by atoms with Crippen molar-refractivity contribution in [2.75, 3.05) is 25.6 Å². The number of methoxy groups -OCH3 is 1. The summed E-state index contributed by atoms with van der Waals surface area (Å²) in [4.78, 5) is 2.22. The van der Waals surface area contributed by atoms with Gasteiger partial charge in [-0.15, -0.1) is 0 Å². The Bertz CT molecular complexity index is 424. The van der Waals surface area contributed by atoms with Crippen LogP contribution >= 0.6 is 0 Å². The van der Waals surface area contributed by atoms with Crippen molar-refractivity contribution in [1.82, 2.24) is 0 Å². The van der Waals surface area contributed by atoms with Gasteiger partial charge in [-0.3, -0.25) is 0 Å². The predicted octanol–water partition coefficient (Wildman–Crippen LogP) is 2.24. The first-order valence-electron chi connectivity index (χ1n) is 6.10. The molecular weight excluding hydrogens is 212 g/mol. The van der Waals surface area contributed by atoms with E-state index in [4.69, 9.17) is 10.5 Å². The van der Waals surface area contributed by atoms with E-state index >= 15 is 0 Å². The molecule has 2 rings (SSSR count). The Hall–Kier alpha value is -1.22. The molecular formula is C14H22N2O. The standard InChI is InChI=1S/C14H22N2O/c1-10-7-11(2)13(12(8-10)17-4)16(3)9-14(15)5-6-14/h7-8H,5-6,9,15H2,1-4H3. The van der Waals surface area contributed by atoms with E-state index in [1.807, 2.05) is 0 Å². The van der Waals surface area contributed by atoms with Crippen molar-refractivity contribution in [2.24, 2.45) is 5.73 Å². The average molecular weight is 234 g/mol. The molecule has 3 heteroatoms. The van der Waals surface area contributed by atoms with Gasteiger partial charge in [-0.1, -0.05) is 6.07 Å². The molecule has 1 aromatic rings. The van der Waals surface area contributed by atoms with E-state index in [0.717, 1.165) is 30.8 Å². The Morgan fingerprint density at radius 3 is 2.53 bits per heavy atom. The number of likely N-dealkylation sites (N-methyl/N-ethyl adjacent to an activating group) is 1. The third kappa shape index (κ3) is 2.55. The lowest BCUT2D eigenvalue weighted by atomic mass is 10.1. The van der Waals surface area contributed by atoms with Crippen LogP contribution < -0.4 is 15.4 Å². The molecule has 1 aliphatic carbocycles. The van der Waals surface area contributed by atoms with E-state index in [1.165, 1.54) is 11.1 Å². The number of nitrogens with zero attached hydrogens (tertiary/aromatic N) is 1. The molecule has 94 valence electrons. The summed E-state index contributed by atoms with van der Waals surface area (Å²) in [5, 5.41) is 0. The van der Waals surface area contributed by atoms with Crippen molar-refractivity contribution in [2.45, 2.75) is 32.2 Å². The van der Waals surface area contributed by atoms with Gasteiger partial charge in [0.1, 0.15) is 5.75 Å². The SMILES string of the molecule is COc1cc(C)cc(C)c1N(C)CC1(N)CC1. The van der Waals surface area contributed by atoms with Crippen LogP contribution in [-0.2, 0) is 0 Å². The van der Waals surface area contributed by atoms with Gasteiger partial charge in [-0.05, 0) is 43.9 Å². The minimum Gasteiger partial charge on any atom is -0.495 e. The molecule has 0 amide bonds. The highest BCUT2D eigenvalue weighted by Gasteiger charge is 2.39. The molecule has 1 fully saturated rings. The van der Waals surface area contributed by atoms with Crippen molar-refractivity contribution < 1.29 is 4.74 Å². The van der Waals surface area contributed by atoms with Gasteiger partial charge >= 0.3 is 0 Å². The predicted molar refractivity (Wildman–Crippen MR) is 71.9 cm³/mol. The molecule has 0 heterocycles. The monoisotopic (exact) mass is 234 g/mol. The van der Waals surface area contributed by atoms with Crippen LogP contribution in [0.25, 0.3) is 0 Å². The van der Waals surface area contributed by atoms with Crippen molar-refractivity contribution in [3.8, 4) is 5.75 Å². The fourth-order valence-electron chi connectivity index (χ4n) is 2.44. The summed E-state index contributed by atoms with van der Waals surface area (Å²) in [7, 11) is 3.81. The quantitative estimate of drug-likeness (QED) is 0.868. The summed E-state index contributed by atoms with van der Waals surface area (Å²) in [6, 6.07) is 4.26. The van der Waals surface area contributed by atoms with E-state index in [1.54, 1.807) is 7.11 Å². The van der Waals surface area contributed by atoms with Crippen LogP contribution in [0.2, 0.25) is 0 Å². The van der Waals surface area contributed by atoms with E-state index in [9.17, 15) is 0 Å². The maximum absolute atomic E-state index is 6.17. The molecule has 1 aliphatic rings. The maximum atomic E-state index is 6.17. The molecule has 0 atom stereocenters. The third-order valence-electron chi connectivity index (χ3n) is 3.46. The summed E-state index contributed by atoms with van der Waals surface area (Å²) in [5.74, 6) is 0.939. The number of benzene rings is 1. The molecule has 0 radical (unpaired) electrons. The van der Waals surface area contributed by atoms with Gasteiger partial charge in [0.2, 0.25) is 0 Å². The molecule has 0 bridgehead atoms. The summed E-state index contributed by atoms with van der Waals surface area (Å²) in [6.07, 6.45) is 2.26. The van der Waals surface area contributed by atoms with Crippen LogP contribution in [0.5, 0.6) is 5.75 Å². The van der Waals surface area contributed by atoms with Crippen LogP contribution in [0.1, 0.15) is 24.0 Å². The van der Waals surface area contributed by atoms with Crippen molar-refractivity contribution in [1.29, 1.82) is 0 Å². The first-order valence-corrected chi connectivity index (χ1v) is 6.10. The minimum atomic E-state index is 0.0249. The summed E-state index contributed by atoms with van der Waals surface area (Å²) < 4.78 is 5.48. The highest BCUT2D eigenvalue weighted by Crippen LogP contribution is 2.37. The molecule has 0 aliphatic heterocycles. The number of ether oxygens (including phenoxy) is 1. The lowest BCUT2D eigenvalue weighted by molar-refractivity contribution is 0.413.